The van der Waals surface area contributed by atoms with Gasteiger partial charge >= 0.3 is 0 Å². The van der Waals surface area contributed by atoms with Crippen LogP contribution in [0.3, 0.4) is 0 Å². The van der Waals surface area contributed by atoms with Gasteiger partial charge in [0.25, 0.3) is 0 Å². The molecule has 0 radical (unpaired) electrons. The number of terminal acetylenes is 1. The highest BCUT2D eigenvalue weighted by atomic mass is 16.3. The summed E-state index contributed by atoms with van der Waals surface area (Å²) in [5, 5.41) is 18.3. The van der Waals surface area contributed by atoms with Gasteiger partial charge in [-0.25, -0.2) is 0 Å². The smallest absolute Gasteiger partial charge is 0.0518 e. The Balaban J connectivity index is 4.05. The van der Waals surface area contributed by atoms with E-state index in [2.05, 4.69) is 12.5 Å². The Hall–Kier alpha value is -0.780. The Bertz CT molecular complexity index is 175. The molecular weight excluding hydrogens is 164 g/mol. The van der Waals surface area contributed by atoms with Crippen LogP contribution in [0.25, 0.3) is 0 Å². The van der Waals surface area contributed by atoms with E-state index >= 15 is 0 Å². The monoisotopic (exact) mass is 182 g/mol. The first kappa shape index (κ1) is 12.2. The minimum Gasteiger partial charge on any atom is -0.396 e. The molecule has 0 aromatic heterocycles. The highest BCUT2D eigenvalue weighted by molar-refractivity contribution is 4.94. The van der Waals surface area contributed by atoms with Crippen molar-refractivity contribution in [3.8, 4) is 12.3 Å². The molecule has 2 N–H and O–H groups in total. The van der Waals surface area contributed by atoms with E-state index in [-0.39, 0.29) is 13.2 Å². The Morgan fingerprint density at radius 2 is 2.00 bits per heavy atom. The van der Waals surface area contributed by atoms with E-state index in [0.717, 1.165) is 19.3 Å². The number of hydrogen-bond donors (Lipinski definition) is 2. The fraction of sp³-hybridized carbons (Fsp3) is 0.636. The average molecular weight is 182 g/mol. The summed E-state index contributed by atoms with van der Waals surface area (Å²) in [7, 11) is 0. The van der Waals surface area contributed by atoms with Gasteiger partial charge in [0.2, 0.25) is 0 Å². The van der Waals surface area contributed by atoms with Gasteiger partial charge in [-0.05, 0) is 19.3 Å². The zero-order valence-electron chi connectivity index (χ0n) is 8.00. The van der Waals surface area contributed by atoms with Crippen LogP contribution in [0.1, 0.15) is 25.7 Å². The van der Waals surface area contributed by atoms with Gasteiger partial charge in [-0.2, -0.15) is 0 Å². The van der Waals surface area contributed by atoms with E-state index < -0.39 is 5.41 Å². The molecule has 0 aliphatic rings. The van der Waals surface area contributed by atoms with Gasteiger partial charge in [0.1, 0.15) is 0 Å². The standard InChI is InChI=1S/C11H18O2/c1-3-5-6-8-11(9-12,10-13)7-4-2/h2-3,12-13H,1,5-10H2. The molecule has 0 aliphatic carbocycles. The summed E-state index contributed by atoms with van der Waals surface area (Å²) in [6.45, 7) is 3.51. The van der Waals surface area contributed by atoms with Crippen LogP contribution in [0.15, 0.2) is 12.7 Å². The lowest BCUT2D eigenvalue weighted by atomic mass is 9.81. The van der Waals surface area contributed by atoms with Crippen molar-refractivity contribution in [1.82, 2.24) is 0 Å². The Labute approximate surface area is 80.3 Å². The minimum atomic E-state index is -0.488. The lowest BCUT2D eigenvalue weighted by Gasteiger charge is -2.27. The van der Waals surface area contributed by atoms with Crippen LogP contribution in [0.2, 0.25) is 0 Å². The molecule has 0 bridgehead atoms. The van der Waals surface area contributed by atoms with E-state index in [4.69, 9.17) is 16.6 Å². The zero-order chi connectivity index (χ0) is 10.2. The molecule has 0 rings (SSSR count). The summed E-state index contributed by atoms with van der Waals surface area (Å²) < 4.78 is 0. The van der Waals surface area contributed by atoms with E-state index in [1.807, 2.05) is 6.08 Å². The third-order valence-electron chi connectivity index (χ3n) is 2.26. The summed E-state index contributed by atoms with van der Waals surface area (Å²) in [6, 6.07) is 0. The van der Waals surface area contributed by atoms with Gasteiger partial charge in [0.15, 0.2) is 0 Å². The molecule has 0 unspecified atom stereocenters. The second kappa shape index (κ2) is 6.71. The van der Waals surface area contributed by atoms with Gasteiger partial charge in [-0.15, -0.1) is 18.9 Å². The fourth-order valence-electron chi connectivity index (χ4n) is 1.25. The van der Waals surface area contributed by atoms with E-state index in [0.29, 0.717) is 6.42 Å². The maximum atomic E-state index is 9.13. The summed E-state index contributed by atoms with van der Waals surface area (Å²) in [5.41, 5.74) is -0.488. The maximum absolute atomic E-state index is 9.13. The molecule has 74 valence electrons. The van der Waals surface area contributed by atoms with Crippen LogP contribution in [-0.4, -0.2) is 23.4 Å². The Morgan fingerprint density at radius 1 is 1.38 bits per heavy atom. The minimum absolute atomic E-state index is 0.0508. The molecule has 0 saturated carbocycles. The molecular formula is C11H18O2. The lowest BCUT2D eigenvalue weighted by Crippen LogP contribution is -2.29. The van der Waals surface area contributed by atoms with E-state index in [1.165, 1.54) is 0 Å². The molecule has 0 aromatic rings. The third kappa shape index (κ3) is 4.12. The second-order valence-electron chi connectivity index (χ2n) is 3.38. The summed E-state index contributed by atoms with van der Waals surface area (Å²) in [4.78, 5) is 0. The number of allylic oxidation sites excluding steroid dienone is 1. The van der Waals surface area contributed by atoms with Crippen molar-refractivity contribution >= 4 is 0 Å². The van der Waals surface area contributed by atoms with Crippen molar-refractivity contribution in [2.75, 3.05) is 13.2 Å². The molecule has 0 heterocycles. The van der Waals surface area contributed by atoms with Crippen LogP contribution in [0.4, 0.5) is 0 Å². The van der Waals surface area contributed by atoms with Gasteiger partial charge in [-0.3, -0.25) is 0 Å². The topological polar surface area (TPSA) is 40.5 Å². The molecule has 0 amide bonds. The van der Waals surface area contributed by atoms with Gasteiger partial charge in [0, 0.05) is 11.8 Å². The molecule has 2 heteroatoms. The molecule has 2 nitrogen and oxygen atoms in total. The van der Waals surface area contributed by atoms with E-state index in [9.17, 15) is 0 Å². The number of hydrogen-bond acceptors (Lipinski definition) is 2. The van der Waals surface area contributed by atoms with Gasteiger partial charge < -0.3 is 10.2 Å². The van der Waals surface area contributed by atoms with Crippen LogP contribution in [0.5, 0.6) is 0 Å². The number of aliphatic hydroxyl groups is 2. The lowest BCUT2D eigenvalue weighted by molar-refractivity contribution is 0.0498. The second-order valence-corrected chi connectivity index (χ2v) is 3.38. The summed E-state index contributed by atoms with van der Waals surface area (Å²) >= 11 is 0. The normalized spacial score (nSPS) is 10.8. The zero-order valence-corrected chi connectivity index (χ0v) is 8.00. The first-order valence-corrected chi connectivity index (χ1v) is 4.51. The largest absolute Gasteiger partial charge is 0.396 e. The molecule has 0 fully saturated rings. The summed E-state index contributed by atoms with van der Waals surface area (Å²) in [5.74, 6) is 2.49. The fourth-order valence-corrected chi connectivity index (χ4v) is 1.25. The quantitative estimate of drug-likeness (QED) is 0.354. The highest BCUT2D eigenvalue weighted by Gasteiger charge is 2.26. The van der Waals surface area contributed by atoms with Crippen LogP contribution in [0, 0.1) is 17.8 Å². The summed E-state index contributed by atoms with van der Waals surface area (Å²) in [6.07, 6.45) is 9.98. The average Bonchev–Trinajstić information content (AvgIpc) is 2.17. The van der Waals surface area contributed by atoms with Crippen molar-refractivity contribution < 1.29 is 10.2 Å². The molecule has 13 heavy (non-hydrogen) atoms. The van der Waals surface area contributed by atoms with Gasteiger partial charge in [-0.1, -0.05) is 6.08 Å². The highest BCUT2D eigenvalue weighted by Crippen LogP contribution is 2.27. The molecule has 0 spiro atoms. The molecule has 0 saturated heterocycles. The van der Waals surface area contributed by atoms with Crippen molar-refractivity contribution in [2.45, 2.75) is 25.7 Å². The molecule has 0 aromatic carbocycles. The Morgan fingerprint density at radius 3 is 2.38 bits per heavy atom. The molecule has 0 atom stereocenters. The van der Waals surface area contributed by atoms with Crippen molar-refractivity contribution in [2.24, 2.45) is 5.41 Å². The van der Waals surface area contributed by atoms with Gasteiger partial charge in [0.05, 0.1) is 13.2 Å². The van der Waals surface area contributed by atoms with Crippen LogP contribution in [-0.2, 0) is 0 Å². The van der Waals surface area contributed by atoms with E-state index in [1.54, 1.807) is 0 Å². The van der Waals surface area contributed by atoms with Crippen LogP contribution >= 0.6 is 0 Å². The predicted octanol–water partition coefficient (Wildman–Crippen LogP) is 1.34. The Kier molecular flexibility index (Phi) is 6.30. The van der Waals surface area contributed by atoms with Crippen molar-refractivity contribution in [3.05, 3.63) is 12.7 Å². The third-order valence-corrected chi connectivity index (χ3v) is 2.26. The first-order valence-electron chi connectivity index (χ1n) is 4.51. The van der Waals surface area contributed by atoms with Crippen LogP contribution < -0.4 is 0 Å². The predicted molar refractivity (Wildman–Crippen MR) is 54.1 cm³/mol. The van der Waals surface area contributed by atoms with Crippen molar-refractivity contribution in [1.29, 1.82) is 0 Å². The van der Waals surface area contributed by atoms with Crippen molar-refractivity contribution in [3.63, 3.8) is 0 Å². The number of aliphatic hydroxyl groups excluding tert-OH is 2. The maximum Gasteiger partial charge on any atom is 0.0518 e. The SMILES string of the molecule is C#CCC(CO)(CO)CCCC=C. The number of unbranched alkanes of at least 4 members (excludes halogenated alkanes) is 1. The molecule has 0 aliphatic heterocycles. The first-order chi connectivity index (χ1) is 6.24. The number of rotatable bonds is 7.